The Morgan fingerprint density at radius 2 is 2.05 bits per heavy atom. The fourth-order valence-corrected chi connectivity index (χ4v) is 2.53. The van der Waals surface area contributed by atoms with Crippen LogP contribution in [0.1, 0.15) is 31.7 Å². The van der Waals surface area contributed by atoms with Gasteiger partial charge in [-0.1, -0.05) is 35.7 Å². The van der Waals surface area contributed by atoms with E-state index in [2.05, 4.69) is 32.5 Å². The molecule has 0 saturated carbocycles. The number of nitrogens with zero attached hydrogens (tertiary/aromatic N) is 1. The van der Waals surface area contributed by atoms with Gasteiger partial charge in [0.05, 0.1) is 6.61 Å². The highest BCUT2D eigenvalue weighted by atomic mass is 79.9. The summed E-state index contributed by atoms with van der Waals surface area (Å²) in [5.74, 6) is 0.187. The van der Waals surface area contributed by atoms with Crippen molar-refractivity contribution in [3.8, 4) is 5.75 Å². The quantitative estimate of drug-likeness (QED) is 0.635. The van der Waals surface area contributed by atoms with Crippen LogP contribution in [0.5, 0.6) is 5.75 Å². The third-order valence-electron chi connectivity index (χ3n) is 3.13. The smallest absolute Gasteiger partial charge is 0.387 e. The third-order valence-corrected chi connectivity index (χ3v) is 3.62. The zero-order valence-electron chi connectivity index (χ0n) is 12.2. The SMILES string of the molecule is CCCCCN(CCO)Cc1cc(Br)ccc1OC(F)F. The molecule has 21 heavy (non-hydrogen) atoms. The minimum absolute atomic E-state index is 0.0468. The van der Waals surface area contributed by atoms with Crippen molar-refractivity contribution in [1.82, 2.24) is 4.90 Å². The molecule has 6 heteroatoms. The van der Waals surface area contributed by atoms with E-state index in [0.717, 1.165) is 30.3 Å². The number of ether oxygens (including phenoxy) is 1. The molecule has 0 fully saturated rings. The van der Waals surface area contributed by atoms with Crippen LogP contribution in [0.25, 0.3) is 0 Å². The fourth-order valence-electron chi connectivity index (χ4n) is 2.12. The first-order chi connectivity index (χ1) is 10.1. The summed E-state index contributed by atoms with van der Waals surface area (Å²) in [5.41, 5.74) is 0.689. The Bertz CT molecular complexity index is 419. The summed E-state index contributed by atoms with van der Waals surface area (Å²) < 4.78 is 30.3. The number of benzene rings is 1. The molecule has 0 heterocycles. The maximum atomic E-state index is 12.4. The first-order valence-electron chi connectivity index (χ1n) is 7.13. The molecule has 1 aromatic carbocycles. The molecule has 0 aromatic heterocycles. The van der Waals surface area contributed by atoms with Crippen LogP contribution in [0.3, 0.4) is 0 Å². The zero-order valence-corrected chi connectivity index (χ0v) is 13.8. The molecule has 1 aromatic rings. The minimum Gasteiger partial charge on any atom is -0.434 e. The monoisotopic (exact) mass is 365 g/mol. The average molecular weight is 366 g/mol. The van der Waals surface area contributed by atoms with Crippen LogP contribution in [0.15, 0.2) is 22.7 Å². The Balaban J connectivity index is 2.77. The summed E-state index contributed by atoms with van der Waals surface area (Å²) in [4.78, 5) is 2.05. The number of aliphatic hydroxyl groups is 1. The first-order valence-corrected chi connectivity index (χ1v) is 7.92. The first kappa shape index (κ1) is 18.3. The lowest BCUT2D eigenvalue weighted by Gasteiger charge is -2.23. The lowest BCUT2D eigenvalue weighted by molar-refractivity contribution is -0.0508. The molecule has 3 nitrogen and oxygen atoms in total. The standard InChI is InChI=1S/C15H22BrF2NO2/c1-2-3-4-7-19(8-9-20)11-12-10-13(16)5-6-14(12)21-15(17)18/h5-6,10,15,20H,2-4,7-9,11H2,1H3. The molecule has 0 aliphatic heterocycles. The normalized spacial score (nSPS) is 11.4. The summed E-state index contributed by atoms with van der Waals surface area (Å²) >= 11 is 3.34. The van der Waals surface area contributed by atoms with Gasteiger partial charge in [0.1, 0.15) is 5.75 Å². The maximum absolute atomic E-state index is 12.4. The predicted octanol–water partition coefficient (Wildman–Crippen LogP) is 4.04. The minimum atomic E-state index is -2.84. The largest absolute Gasteiger partial charge is 0.434 e. The van der Waals surface area contributed by atoms with Gasteiger partial charge in [-0.15, -0.1) is 0 Å². The third kappa shape index (κ3) is 7.20. The number of hydrogen-bond donors (Lipinski definition) is 1. The van der Waals surface area contributed by atoms with Gasteiger partial charge in [-0.05, 0) is 31.2 Å². The second kappa shape index (κ2) is 10.1. The molecule has 0 atom stereocenters. The van der Waals surface area contributed by atoms with Gasteiger partial charge in [0, 0.05) is 23.1 Å². The van der Waals surface area contributed by atoms with Gasteiger partial charge in [-0.3, -0.25) is 4.90 Å². The van der Waals surface area contributed by atoms with Crippen molar-refractivity contribution in [2.75, 3.05) is 19.7 Å². The second-order valence-electron chi connectivity index (χ2n) is 4.84. The van der Waals surface area contributed by atoms with Crippen LogP contribution in [0.2, 0.25) is 0 Å². The van der Waals surface area contributed by atoms with Crippen LogP contribution in [-0.4, -0.2) is 36.3 Å². The van der Waals surface area contributed by atoms with Crippen molar-refractivity contribution in [2.24, 2.45) is 0 Å². The van der Waals surface area contributed by atoms with Crippen molar-refractivity contribution in [1.29, 1.82) is 0 Å². The second-order valence-corrected chi connectivity index (χ2v) is 5.75. The van der Waals surface area contributed by atoms with Gasteiger partial charge in [0.25, 0.3) is 0 Å². The number of aliphatic hydroxyl groups excluding tert-OH is 1. The highest BCUT2D eigenvalue weighted by molar-refractivity contribution is 9.10. The van der Waals surface area contributed by atoms with Crippen LogP contribution in [0.4, 0.5) is 8.78 Å². The summed E-state index contributed by atoms with van der Waals surface area (Å²) in [7, 11) is 0. The number of unbranched alkanes of at least 4 members (excludes halogenated alkanes) is 2. The molecule has 1 N–H and O–H groups in total. The molecule has 0 bridgehead atoms. The lowest BCUT2D eigenvalue weighted by atomic mass is 10.1. The molecular formula is C15H22BrF2NO2. The van der Waals surface area contributed by atoms with E-state index in [0.29, 0.717) is 18.7 Å². The van der Waals surface area contributed by atoms with Crippen LogP contribution < -0.4 is 4.74 Å². The van der Waals surface area contributed by atoms with E-state index in [1.807, 2.05) is 0 Å². The lowest BCUT2D eigenvalue weighted by Crippen LogP contribution is -2.28. The summed E-state index contributed by atoms with van der Waals surface area (Å²) in [6.07, 6.45) is 3.25. The maximum Gasteiger partial charge on any atom is 0.387 e. The van der Waals surface area contributed by atoms with Crippen LogP contribution in [-0.2, 0) is 6.54 Å². The van der Waals surface area contributed by atoms with Crippen molar-refractivity contribution >= 4 is 15.9 Å². The van der Waals surface area contributed by atoms with Gasteiger partial charge in [-0.2, -0.15) is 8.78 Å². The molecular weight excluding hydrogens is 344 g/mol. The van der Waals surface area contributed by atoms with Crippen LogP contribution in [0, 0.1) is 0 Å². The van der Waals surface area contributed by atoms with Crippen molar-refractivity contribution < 1.29 is 18.6 Å². The predicted molar refractivity (Wildman–Crippen MR) is 82.7 cm³/mol. The van der Waals surface area contributed by atoms with Crippen molar-refractivity contribution in [3.05, 3.63) is 28.2 Å². The highest BCUT2D eigenvalue weighted by Gasteiger charge is 2.13. The van der Waals surface area contributed by atoms with Crippen molar-refractivity contribution in [2.45, 2.75) is 39.3 Å². The Morgan fingerprint density at radius 1 is 1.29 bits per heavy atom. The van der Waals surface area contributed by atoms with E-state index < -0.39 is 6.61 Å². The van der Waals surface area contributed by atoms with E-state index in [4.69, 9.17) is 5.11 Å². The number of hydrogen-bond acceptors (Lipinski definition) is 3. The molecule has 0 aliphatic rings. The Labute approximate surface area is 133 Å². The zero-order chi connectivity index (χ0) is 15.7. The highest BCUT2D eigenvalue weighted by Crippen LogP contribution is 2.26. The van der Waals surface area contributed by atoms with Gasteiger partial charge in [-0.25, -0.2) is 0 Å². The van der Waals surface area contributed by atoms with E-state index in [1.165, 1.54) is 6.07 Å². The molecule has 0 aliphatic carbocycles. The molecule has 0 amide bonds. The molecule has 0 saturated heterocycles. The molecule has 0 unspecified atom stereocenters. The Morgan fingerprint density at radius 3 is 2.67 bits per heavy atom. The van der Waals surface area contributed by atoms with Crippen LogP contribution >= 0.6 is 15.9 Å². The average Bonchev–Trinajstić information content (AvgIpc) is 2.42. The topological polar surface area (TPSA) is 32.7 Å². The molecule has 0 radical (unpaired) electrons. The van der Waals surface area contributed by atoms with Gasteiger partial charge in [0.2, 0.25) is 0 Å². The van der Waals surface area contributed by atoms with E-state index in [1.54, 1.807) is 12.1 Å². The van der Waals surface area contributed by atoms with E-state index >= 15 is 0 Å². The van der Waals surface area contributed by atoms with Gasteiger partial charge >= 0.3 is 6.61 Å². The van der Waals surface area contributed by atoms with E-state index in [-0.39, 0.29) is 12.4 Å². The summed E-state index contributed by atoms with van der Waals surface area (Å²) in [5, 5.41) is 9.14. The number of rotatable bonds is 10. The number of alkyl halides is 2. The van der Waals surface area contributed by atoms with Crippen molar-refractivity contribution in [3.63, 3.8) is 0 Å². The summed E-state index contributed by atoms with van der Waals surface area (Å²) in [6.45, 7) is 1.16. The van der Waals surface area contributed by atoms with Gasteiger partial charge < -0.3 is 9.84 Å². The molecule has 120 valence electrons. The van der Waals surface area contributed by atoms with E-state index in [9.17, 15) is 8.78 Å². The molecule has 0 spiro atoms. The number of halogens is 3. The van der Waals surface area contributed by atoms with Gasteiger partial charge in [0.15, 0.2) is 0 Å². The Kier molecular flexibility index (Phi) is 8.80. The summed E-state index contributed by atoms with van der Waals surface area (Å²) in [6, 6.07) is 4.99. The Hall–Kier alpha value is -0.720. The fraction of sp³-hybridized carbons (Fsp3) is 0.600. The molecule has 1 rings (SSSR count).